The molecule has 2 nitrogen and oxygen atoms in total. The molecular formula is C22H35NO. The van der Waals surface area contributed by atoms with Crippen LogP contribution < -0.4 is 4.74 Å². The van der Waals surface area contributed by atoms with E-state index in [9.17, 15) is 0 Å². The molecule has 134 valence electrons. The van der Waals surface area contributed by atoms with Crippen molar-refractivity contribution in [3.05, 3.63) is 29.8 Å². The molecule has 0 bridgehead atoms. The van der Waals surface area contributed by atoms with Gasteiger partial charge in [-0.15, -0.1) is 0 Å². The maximum absolute atomic E-state index is 6.30. The van der Waals surface area contributed by atoms with Crippen LogP contribution >= 0.6 is 0 Å². The lowest BCUT2D eigenvalue weighted by Crippen LogP contribution is -2.46. The minimum Gasteiger partial charge on any atom is -0.492 e. The number of rotatable bonds is 6. The zero-order valence-corrected chi connectivity index (χ0v) is 15.7. The van der Waals surface area contributed by atoms with Gasteiger partial charge in [0.2, 0.25) is 0 Å². The largest absolute Gasteiger partial charge is 0.492 e. The standard InChI is InChI=1S/C22H35NO/c1-18-10-8-9-15-23(18)19(2)17-24-22-14-7-6-13-21(22)16-20-11-4-3-5-12-20/h6-7,13-14,18-20H,3-5,8-12,15-17H2,1-2H3/t18?,19-/m1/s1. The van der Waals surface area contributed by atoms with E-state index >= 15 is 0 Å². The molecule has 0 amide bonds. The third-order valence-electron chi connectivity index (χ3n) is 6.11. The summed E-state index contributed by atoms with van der Waals surface area (Å²) in [6.45, 7) is 6.74. The highest BCUT2D eigenvalue weighted by Gasteiger charge is 2.23. The van der Waals surface area contributed by atoms with Gasteiger partial charge in [0.05, 0.1) is 0 Å². The number of likely N-dealkylation sites (tertiary alicyclic amines) is 1. The van der Waals surface area contributed by atoms with Crippen molar-refractivity contribution in [1.82, 2.24) is 4.90 Å². The highest BCUT2D eigenvalue weighted by atomic mass is 16.5. The Morgan fingerprint density at radius 1 is 1.04 bits per heavy atom. The molecule has 2 aliphatic rings. The fourth-order valence-corrected chi connectivity index (χ4v) is 4.60. The first-order valence-electron chi connectivity index (χ1n) is 10.2. The molecule has 1 unspecified atom stereocenters. The summed E-state index contributed by atoms with van der Waals surface area (Å²) in [6, 6.07) is 9.94. The Labute approximate surface area is 148 Å². The Morgan fingerprint density at radius 3 is 2.58 bits per heavy atom. The third kappa shape index (κ3) is 4.75. The van der Waals surface area contributed by atoms with E-state index in [4.69, 9.17) is 4.74 Å². The lowest BCUT2D eigenvalue weighted by molar-refractivity contribution is 0.0812. The quantitative estimate of drug-likeness (QED) is 0.688. The fraction of sp³-hybridized carbons (Fsp3) is 0.727. The van der Waals surface area contributed by atoms with Crippen molar-refractivity contribution >= 4 is 0 Å². The number of hydrogen-bond donors (Lipinski definition) is 0. The van der Waals surface area contributed by atoms with Crippen molar-refractivity contribution < 1.29 is 4.74 Å². The molecule has 24 heavy (non-hydrogen) atoms. The molecule has 3 rings (SSSR count). The van der Waals surface area contributed by atoms with Crippen molar-refractivity contribution in [2.75, 3.05) is 13.2 Å². The molecule has 1 aliphatic heterocycles. The van der Waals surface area contributed by atoms with Crippen molar-refractivity contribution in [1.29, 1.82) is 0 Å². The lowest BCUT2D eigenvalue weighted by Gasteiger charge is -2.38. The van der Waals surface area contributed by atoms with E-state index in [-0.39, 0.29) is 0 Å². The molecule has 0 spiro atoms. The molecule has 0 aromatic heterocycles. The van der Waals surface area contributed by atoms with Crippen LogP contribution in [0.1, 0.15) is 70.8 Å². The maximum Gasteiger partial charge on any atom is 0.122 e. The number of ether oxygens (including phenoxy) is 1. The second-order valence-corrected chi connectivity index (χ2v) is 8.06. The summed E-state index contributed by atoms with van der Waals surface area (Å²) in [4.78, 5) is 2.63. The van der Waals surface area contributed by atoms with E-state index in [0.717, 1.165) is 18.3 Å². The second-order valence-electron chi connectivity index (χ2n) is 8.06. The molecule has 1 aromatic rings. The first kappa shape index (κ1) is 17.8. The zero-order valence-electron chi connectivity index (χ0n) is 15.7. The summed E-state index contributed by atoms with van der Waals surface area (Å²) in [7, 11) is 0. The molecule has 2 fully saturated rings. The van der Waals surface area contributed by atoms with Gasteiger partial charge in [-0.1, -0.05) is 56.7 Å². The van der Waals surface area contributed by atoms with Gasteiger partial charge in [0, 0.05) is 12.1 Å². The molecule has 0 N–H and O–H groups in total. The number of hydrogen-bond acceptors (Lipinski definition) is 2. The Morgan fingerprint density at radius 2 is 1.79 bits per heavy atom. The molecule has 1 saturated carbocycles. The van der Waals surface area contributed by atoms with Crippen LogP contribution in [0.15, 0.2) is 24.3 Å². The molecular weight excluding hydrogens is 294 g/mol. The van der Waals surface area contributed by atoms with Gasteiger partial charge in [-0.05, 0) is 57.2 Å². The van der Waals surface area contributed by atoms with Gasteiger partial charge in [-0.2, -0.15) is 0 Å². The van der Waals surface area contributed by atoms with Crippen molar-refractivity contribution in [3.8, 4) is 5.75 Å². The molecule has 1 aliphatic carbocycles. The van der Waals surface area contributed by atoms with Crippen LogP contribution in [-0.2, 0) is 6.42 Å². The molecule has 2 heteroatoms. The van der Waals surface area contributed by atoms with Crippen LogP contribution in [0.2, 0.25) is 0 Å². The second kappa shape index (κ2) is 8.89. The topological polar surface area (TPSA) is 12.5 Å². The Balaban J connectivity index is 1.56. The van der Waals surface area contributed by atoms with Gasteiger partial charge in [0.1, 0.15) is 12.4 Å². The Hall–Kier alpha value is -1.02. The Bertz CT molecular complexity index is 494. The summed E-state index contributed by atoms with van der Waals surface area (Å²) >= 11 is 0. The summed E-state index contributed by atoms with van der Waals surface area (Å²) in [6.07, 6.45) is 12.3. The monoisotopic (exact) mass is 329 g/mol. The number of nitrogens with zero attached hydrogens (tertiary/aromatic N) is 1. The number of para-hydroxylation sites is 1. The first-order chi connectivity index (χ1) is 11.7. The SMILES string of the molecule is CC1CCCCN1[C@H](C)COc1ccccc1CC1CCCCC1. The van der Waals surface area contributed by atoms with E-state index in [1.165, 1.54) is 69.9 Å². The van der Waals surface area contributed by atoms with Crippen LogP contribution in [0.25, 0.3) is 0 Å². The first-order valence-corrected chi connectivity index (χ1v) is 10.2. The van der Waals surface area contributed by atoms with Crippen LogP contribution in [0.4, 0.5) is 0 Å². The predicted molar refractivity (Wildman–Crippen MR) is 102 cm³/mol. The Kier molecular flexibility index (Phi) is 6.59. The van der Waals surface area contributed by atoms with Gasteiger partial charge in [-0.3, -0.25) is 4.90 Å². The van der Waals surface area contributed by atoms with Crippen LogP contribution in [0.3, 0.4) is 0 Å². The van der Waals surface area contributed by atoms with Crippen molar-refractivity contribution in [2.45, 2.75) is 83.7 Å². The fourth-order valence-electron chi connectivity index (χ4n) is 4.60. The highest BCUT2D eigenvalue weighted by Crippen LogP contribution is 2.30. The predicted octanol–water partition coefficient (Wildman–Crippen LogP) is 5.45. The third-order valence-corrected chi connectivity index (χ3v) is 6.11. The van der Waals surface area contributed by atoms with Gasteiger partial charge < -0.3 is 4.74 Å². The smallest absolute Gasteiger partial charge is 0.122 e. The average Bonchev–Trinajstić information content (AvgIpc) is 2.62. The molecule has 0 radical (unpaired) electrons. The minimum atomic E-state index is 0.503. The van der Waals surface area contributed by atoms with Crippen LogP contribution in [0, 0.1) is 5.92 Å². The molecule has 1 saturated heterocycles. The number of piperidine rings is 1. The van der Waals surface area contributed by atoms with E-state index in [2.05, 4.69) is 43.0 Å². The van der Waals surface area contributed by atoms with E-state index < -0.39 is 0 Å². The summed E-state index contributed by atoms with van der Waals surface area (Å²) < 4.78 is 6.30. The maximum atomic E-state index is 6.30. The van der Waals surface area contributed by atoms with Gasteiger partial charge in [0.25, 0.3) is 0 Å². The summed E-state index contributed by atoms with van der Waals surface area (Å²) in [5.41, 5.74) is 1.42. The molecule has 2 atom stereocenters. The molecule has 1 heterocycles. The summed E-state index contributed by atoms with van der Waals surface area (Å²) in [5, 5.41) is 0. The lowest BCUT2D eigenvalue weighted by atomic mass is 9.85. The van der Waals surface area contributed by atoms with Crippen molar-refractivity contribution in [2.24, 2.45) is 5.92 Å². The van der Waals surface area contributed by atoms with Crippen LogP contribution in [0.5, 0.6) is 5.75 Å². The zero-order chi connectivity index (χ0) is 16.8. The molecule has 1 aromatic carbocycles. The van der Waals surface area contributed by atoms with Gasteiger partial charge in [0.15, 0.2) is 0 Å². The normalized spacial score (nSPS) is 24.7. The van der Waals surface area contributed by atoms with E-state index in [1.54, 1.807) is 0 Å². The summed E-state index contributed by atoms with van der Waals surface area (Å²) in [5.74, 6) is 1.99. The van der Waals surface area contributed by atoms with Crippen molar-refractivity contribution in [3.63, 3.8) is 0 Å². The minimum absolute atomic E-state index is 0.503. The van der Waals surface area contributed by atoms with E-state index in [1.807, 2.05) is 0 Å². The average molecular weight is 330 g/mol. The van der Waals surface area contributed by atoms with Gasteiger partial charge >= 0.3 is 0 Å². The highest BCUT2D eigenvalue weighted by molar-refractivity contribution is 5.33. The van der Waals surface area contributed by atoms with Gasteiger partial charge in [-0.25, -0.2) is 0 Å². The van der Waals surface area contributed by atoms with Crippen LogP contribution in [-0.4, -0.2) is 30.1 Å². The number of benzene rings is 1. The van der Waals surface area contributed by atoms with E-state index in [0.29, 0.717) is 12.1 Å².